The van der Waals surface area contributed by atoms with Crippen LogP contribution in [0.4, 0.5) is 0 Å². The van der Waals surface area contributed by atoms with Gasteiger partial charge in [0.15, 0.2) is 0 Å². The molecule has 0 radical (unpaired) electrons. The number of hydrogen-bond acceptors (Lipinski definition) is 1. The third kappa shape index (κ3) is 3.95. The predicted octanol–water partition coefficient (Wildman–Crippen LogP) is 3.69. The minimum atomic E-state index is 0.544. The molecule has 0 N–H and O–H groups in total. The van der Waals surface area contributed by atoms with E-state index in [0.29, 0.717) is 6.10 Å². The van der Waals surface area contributed by atoms with E-state index in [1.807, 2.05) is 0 Å². The van der Waals surface area contributed by atoms with Crippen molar-refractivity contribution in [2.75, 3.05) is 6.61 Å². The fraction of sp³-hybridized carbons (Fsp3) is 0.833. The Morgan fingerprint density at radius 3 is 2.23 bits per heavy atom. The van der Waals surface area contributed by atoms with E-state index in [1.165, 1.54) is 43.3 Å². The molecule has 0 spiro atoms. The average molecular weight is 182 g/mol. The van der Waals surface area contributed by atoms with Crippen LogP contribution in [-0.2, 0) is 4.74 Å². The summed E-state index contributed by atoms with van der Waals surface area (Å²) in [5.41, 5.74) is 2.79. The maximum absolute atomic E-state index is 5.85. The molecule has 1 saturated carbocycles. The fourth-order valence-electron chi connectivity index (χ4n) is 1.62. The topological polar surface area (TPSA) is 9.23 Å². The molecule has 0 aliphatic heterocycles. The highest BCUT2D eigenvalue weighted by atomic mass is 16.5. The average Bonchev–Trinajstić information content (AvgIpc) is 2.15. The van der Waals surface area contributed by atoms with Crippen LogP contribution in [0.5, 0.6) is 0 Å². The summed E-state index contributed by atoms with van der Waals surface area (Å²) in [4.78, 5) is 0. The summed E-state index contributed by atoms with van der Waals surface area (Å²) in [6.45, 7) is 7.31. The Hall–Kier alpha value is -0.300. The Bertz CT molecular complexity index is 172. The van der Waals surface area contributed by atoms with Gasteiger partial charge in [-0.2, -0.15) is 0 Å². The third-order valence-corrected chi connectivity index (χ3v) is 2.94. The normalized spacial score (nSPS) is 18.7. The van der Waals surface area contributed by atoms with Crippen molar-refractivity contribution in [2.45, 2.75) is 59.0 Å². The minimum absolute atomic E-state index is 0.544. The highest BCUT2D eigenvalue weighted by molar-refractivity contribution is 5.06. The van der Waals surface area contributed by atoms with E-state index in [1.54, 1.807) is 0 Å². The van der Waals surface area contributed by atoms with Gasteiger partial charge in [0, 0.05) is 0 Å². The van der Waals surface area contributed by atoms with Gasteiger partial charge in [-0.15, -0.1) is 0 Å². The molecule has 13 heavy (non-hydrogen) atoms. The molecule has 1 heteroatoms. The van der Waals surface area contributed by atoms with E-state index < -0.39 is 0 Å². The lowest BCUT2D eigenvalue weighted by atomic mass is 9.98. The van der Waals surface area contributed by atoms with E-state index in [4.69, 9.17) is 4.74 Å². The lowest BCUT2D eigenvalue weighted by Gasteiger charge is -2.22. The molecule has 0 aromatic rings. The molecule has 1 aliphatic carbocycles. The van der Waals surface area contributed by atoms with Crippen LogP contribution in [0.2, 0.25) is 0 Å². The summed E-state index contributed by atoms with van der Waals surface area (Å²) in [6, 6.07) is 0. The van der Waals surface area contributed by atoms with E-state index in [0.717, 1.165) is 6.61 Å². The molecule has 1 aliphatic rings. The summed E-state index contributed by atoms with van der Waals surface area (Å²) in [5.74, 6) is 0. The standard InChI is InChI=1S/C12H22O/c1-10(2)11(3)9-13-12-7-5-4-6-8-12/h12H,4-9H2,1-3H3. The van der Waals surface area contributed by atoms with Gasteiger partial charge in [-0.05, 0) is 39.2 Å². The summed E-state index contributed by atoms with van der Waals surface area (Å²) >= 11 is 0. The molecule has 0 aromatic heterocycles. The first kappa shape index (κ1) is 10.8. The summed E-state index contributed by atoms with van der Waals surface area (Å²) < 4.78 is 5.85. The van der Waals surface area contributed by atoms with E-state index in [9.17, 15) is 0 Å². The van der Waals surface area contributed by atoms with E-state index >= 15 is 0 Å². The highest BCUT2D eigenvalue weighted by Gasteiger charge is 2.13. The van der Waals surface area contributed by atoms with Crippen LogP contribution in [0.1, 0.15) is 52.9 Å². The quantitative estimate of drug-likeness (QED) is 0.605. The van der Waals surface area contributed by atoms with Gasteiger partial charge in [-0.1, -0.05) is 24.8 Å². The van der Waals surface area contributed by atoms with Crippen molar-refractivity contribution >= 4 is 0 Å². The van der Waals surface area contributed by atoms with Crippen LogP contribution in [0.15, 0.2) is 11.1 Å². The molecule has 0 amide bonds. The maximum Gasteiger partial charge on any atom is 0.0680 e. The second-order valence-corrected chi connectivity index (χ2v) is 4.35. The summed E-state index contributed by atoms with van der Waals surface area (Å²) in [7, 11) is 0. The van der Waals surface area contributed by atoms with Crippen LogP contribution < -0.4 is 0 Å². The van der Waals surface area contributed by atoms with Gasteiger partial charge in [-0.3, -0.25) is 0 Å². The Labute approximate surface area is 82.2 Å². The van der Waals surface area contributed by atoms with Crippen LogP contribution in [0, 0.1) is 0 Å². The first-order chi connectivity index (χ1) is 6.20. The molecule has 0 bridgehead atoms. The molecule has 0 atom stereocenters. The second kappa shape index (κ2) is 5.43. The molecular formula is C12H22O. The zero-order chi connectivity index (χ0) is 9.68. The molecule has 0 saturated heterocycles. The van der Waals surface area contributed by atoms with E-state index in [2.05, 4.69) is 20.8 Å². The predicted molar refractivity (Wildman–Crippen MR) is 56.9 cm³/mol. The molecule has 1 rings (SSSR count). The van der Waals surface area contributed by atoms with Gasteiger partial charge in [0.25, 0.3) is 0 Å². The number of rotatable bonds is 3. The van der Waals surface area contributed by atoms with Crippen LogP contribution in [-0.4, -0.2) is 12.7 Å². The molecule has 0 heterocycles. The van der Waals surface area contributed by atoms with Gasteiger partial charge >= 0.3 is 0 Å². The zero-order valence-corrected chi connectivity index (χ0v) is 9.23. The van der Waals surface area contributed by atoms with E-state index in [-0.39, 0.29) is 0 Å². The molecule has 0 aromatic carbocycles. The van der Waals surface area contributed by atoms with Gasteiger partial charge in [0.2, 0.25) is 0 Å². The Morgan fingerprint density at radius 2 is 1.69 bits per heavy atom. The second-order valence-electron chi connectivity index (χ2n) is 4.35. The number of allylic oxidation sites excluding steroid dienone is 1. The number of ether oxygens (including phenoxy) is 1. The lowest BCUT2D eigenvalue weighted by Crippen LogP contribution is -2.17. The fourth-order valence-corrected chi connectivity index (χ4v) is 1.62. The van der Waals surface area contributed by atoms with Gasteiger partial charge in [0.05, 0.1) is 12.7 Å². The highest BCUT2D eigenvalue weighted by Crippen LogP contribution is 2.20. The summed E-state index contributed by atoms with van der Waals surface area (Å²) in [6.07, 6.45) is 7.22. The Kier molecular flexibility index (Phi) is 4.51. The third-order valence-electron chi connectivity index (χ3n) is 2.94. The van der Waals surface area contributed by atoms with Crippen molar-refractivity contribution in [2.24, 2.45) is 0 Å². The Morgan fingerprint density at radius 1 is 1.08 bits per heavy atom. The zero-order valence-electron chi connectivity index (χ0n) is 9.23. The van der Waals surface area contributed by atoms with Crippen molar-refractivity contribution < 1.29 is 4.74 Å². The van der Waals surface area contributed by atoms with Crippen molar-refractivity contribution in [3.05, 3.63) is 11.1 Å². The minimum Gasteiger partial charge on any atom is -0.374 e. The first-order valence-electron chi connectivity index (χ1n) is 5.44. The monoisotopic (exact) mass is 182 g/mol. The molecule has 0 unspecified atom stereocenters. The summed E-state index contributed by atoms with van der Waals surface area (Å²) in [5, 5.41) is 0. The molecule has 76 valence electrons. The van der Waals surface area contributed by atoms with Crippen LogP contribution in [0.25, 0.3) is 0 Å². The Balaban J connectivity index is 2.21. The van der Waals surface area contributed by atoms with Gasteiger partial charge in [0.1, 0.15) is 0 Å². The SMILES string of the molecule is CC(C)=C(C)COC1CCCCC1. The van der Waals surface area contributed by atoms with Crippen LogP contribution in [0.3, 0.4) is 0 Å². The van der Waals surface area contributed by atoms with Crippen LogP contribution >= 0.6 is 0 Å². The smallest absolute Gasteiger partial charge is 0.0680 e. The van der Waals surface area contributed by atoms with Gasteiger partial charge < -0.3 is 4.74 Å². The lowest BCUT2D eigenvalue weighted by molar-refractivity contribution is 0.0424. The molecule has 1 nitrogen and oxygen atoms in total. The van der Waals surface area contributed by atoms with Crippen molar-refractivity contribution in [3.8, 4) is 0 Å². The van der Waals surface area contributed by atoms with Crippen molar-refractivity contribution in [1.82, 2.24) is 0 Å². The van der Waals surface area contributed by atoms with Crippen molar-refractivity contribution in [1.29, 1.82) is 0 Å². The van der Waals surface area contributed by atoms with Crippen molar-refractivity contribution in [3.63, 3.8) is 0 Å². The molecular weight excluding hydrogens is 160 g/mol. The largest absolute Gasteiger partial charge is 0.374 e. The number of hydrogen-bond donors (Lipinski definition) is 0. The first-order valence-corrected chi connectivity index (χ1v) is 5.44. The maximum atomic E-state index is 5.85. The van der Waals surface area contributed by atoms with Gasteiger partial charge in [-0.25, -0.2) is 0 Å². The molecule has 1 fully saturated rings.